The van der Waals surface area contributed by atoms with Crippen molar-refractivity contribution >= 4 is 34.4 Å². The first-order chi connectivity index (χ1) is 13.6. The SMILES string of the molecule is Cc1oc2ncnc(N3CCCCC3)c2c1C(=O)NCCc1ccc(Cl)cc1. The van der Waals surface area contributed by atoms with Gasteiger partial charge in [0.2, 0.25) is 5.71 Å². The number of anilines is 1. The monoisotopic (exact) mass is 398 g/mol. The lowest BCUT2D eigenvalue weighted by molar-refractivity contribution is 0.0954. The Hall–Kier alpha value is -2.60. The van der Waals surface area contributed by atoms with Gasteiger partial charge >= 0.3 is 0 Å². The standard InChI is InChI=1S/C21H23ClN4O2/c1-14-17(20(27)23-10-9-15-5-7-16(22)8-6-15)18-19(24-13-25-21(18)28-14)26-11-3-2-4-12-26/h5-8,13H,2-4,9-12H2,1H3,(H,23,27). The summed E-state index contributed by atoms with van der Waals surface area (Å²) in [7, 11) is 0. The van der Waals surface area contributed by atoms with Crippen molar-refractivity contribution in [3.8, 4) is 0 Å². The quantitative estimate of drug-likeness (QED) is 0.699. The van der Waals surface area contributed by atoms with Crippen molar-refractivity contribution in [2.24, 2.45) is 0 Å². The van der Waals surface area contributed by atoms with Crippen molar-refractivity contribution in [2.45, 2.75) is 32.6 Å². The minimum Gasteiger partial charge on any atom is -0.442 e. The second kappa shape index (κ2) is 8.19. The Balaban J connectivity index is 1.55. The molecule has 3 heterocycles. The average Bonchev–Trinajstić information content (AvgIpc) is 3.06. The number of rotatable bonds is 5. The Morgan fingerprint density at radius 3 is 2.68 bits per heavy atom. The summed E-state index contributed by atoms with van der Waals surface area (Å²) in [6.07, 6.45) is 5.73. The molecule has 0 atom stereocenters. The number of nitrogens with one attached hydrogen (secondary N) is 1. The lowest BCUT2D eigenvalue weighted by atomic mass is 10.1. The van der Waals surface area contributed by atoms with Gasteiger partial charge in [0.15, 0.2) is 0 Å². The molecule has 1 aromatic carbocycles. The van der Waals surface area contributed by atoms with Crippen LogP contribution < -0.4 is 10.2 Å². The highest BCUT2D eigenvalue weighted by atomic mass is 35.5. The Morgan fingerprint density at radius 1 is 1.18 bits per heavy atom. The van der Waals surface area contributed by atoms with Crippen LogP contribution in [0.25, 0.3) is 11.1 Å². The molecule has 0 radical (unpaired) electrons. The average molecular weight is 399 g/mol. The smallest absolute Gasteiger partial charge is 0.255 e. The summed E-state index contributed by atoms with van der Waals surface area (Å²) in [5.74, 6) is 1.21. The number of carbonyl (C=O) groups is 1. The van der Waals surface area contributed by atoms with E-state index in [1.54, 1.807) is 6.92 Å². The third-order valence-corrected chi connectivity index (χ3v) is 5.39. The van der Waals surface area contributed by atoms with Crippen LogP contribution in [0, 0.1) is 6.92 Å². The zero-order valence-electron chi connectivity index (χ0n) is 15.9. The van der Waals surface area contributed by atoms with Crippen LogP contribution in [-0.4, -0.2) is 35.5 Å². The van der Waals surface area contributed by atoms with Gasteiger partial charge in [0.25, 0.3) is 5.91 Å². The third-order valence-electron chi connectivity index (χ3n) is 5.14. The van der Waals surface area contributed by atoms with Crippen molar-refractivity contribution in [1.82, 2.24) is 15.3 Å². The first-order valence-electron chi connectivity index (χ1n) is 9.65. The van der Waals surface area contributed by atoms with E-state index in [0.717, 1.165) is 43.7 Å². The minimum atomic E-state index is -0.154. The number of hydrogen-bond donors (Lipinski definition) is 1. The summed E-state index contributed by atoms with van der Waals surface area (Å²) in [5, 5.41) is 4.43. The van der Waals surface area contributed by atoms with E-state index in [0.29, 0.717) is 34.0 Å². The van der Waals surface area contributed by atoms with Gasteiger partial charge in [0.05, 0.1) is 10.9 Å². The first-order valence-corrected chi connectivity index (χ1v) is 10.0. The molecule has 28 heavy (non-hydrogen) atoms. The molecule has 0 unspecified atom stereocenters. The van der Waals surface area contributed by atoms with E-state index >= 15 is 0 Å². The second-order valence-electron chi connectivity index (χ2n) is 7.09. The number of carbonyl (C=O) groups excluding carboxylic acids is 1. The molecule has 1 saturated heterocycles. The van der Waals surface area contributed by atoms with E-state index in [4.69, 9.17) is 16.0 Å². The summed E-state index contributed by atoms with van der Waals surface area (Å²) in [6, 6.07) is 7.65. The fourth-order valence-corrected chi connectivity index (χ4v) is 3.83. The lowest BCUT2D eigenvalue weighted by Gasteiger charge is -2.28. The number of aryl methyl sites for hydroxylation is 1. The molecule has 6 nitrogen and oxygen atoms in total. The first kappa shape index (κ1) is 18.7. The fraction of sp³-hybridized carbons (Fsp3) is 0.381. The molecule has 1 aliphatic heterocycles. The lowest BCUT2D eigenvalue weighted by Crippen LogP contribution is -2.31. The number of aromatic nitrogens is 2. The maximum absolute atomic E-state index is 13.0. The van der Waals surface area contributed by atoms with Crippen LogP contribution in [0.4, 0.5) is 5.82 Å². The molecule has 0 spiro atoms. The van der Waals surface area contributed by atoms with Crippen LogP contribution in [0.2, 0.25) is 5.02 Å². The maximum atomic E-state index is 13.0. The van der Waals surface area contributed by atoms with Crippen molar-refractivity contribution in [3.63, 3.8) is 0 Å². The Morgan fingerprint density at radius 2 is 1.93 bits per heavy atom. The van der Waals surface area contributed by atoms with Gasteiger partial charge in [-0.3, -0.25) is 4.79 Å². The number of piperidine rings is 1. The van der Waals surface area contributed by atoms with Gasteiger partial charge in [-0.2, -0.15) is 0 Å². The molecule has 0 aliphatic carbocycles. The molecule has 0 bridgehead atoms. The van der Waals surface area contributed by atoms with E-state index < -0.39 is 0 Å². The molecular formula is C21H23ClN4O2. The summed E-state index contributed by atoms with van der Waals surface area (Å²) in [5.41, 5.74) is 2.12. The number of nitrogens with zero attached hydrogens (tertiary/aromatic N) is 3. The van der Waals surface area contributed by atoms with E-state index in [1.807, 2.05) is 24.3 Å². The van der Waals surface area contributed by atoms with Crippen LogP contribution in [0.5, 0.6) is 0 Å². The summed E-state index contributed by atoms with van der Waals surface area (Å²) >= 11 is 5.92. The van der Waals surface area contributed by atoms with E-state index in [2.05, 4.69) is 20.2 Å². The van der Waals surface area contributed by atoms with Gasteiger partial charge < -0.3 is 14.6 Å². The number of furan rings is 1. The number of fused-ring (bicyclic) bond motifs is 1. The topological polar surface area (TPSA) is 71.3 Å². The molecule has 0 saturated carbocycles. The van der Waals surface area contributed by atoms with Crippen molar-refractivity contribution in [2.75, 3.05) is 24.5 Å². The summed E-state index contributed by atoms with van der Waals surface area (Å²) in [6.45, 7) is 4.21. The van der Waals surface area contributed by atoms with E-state index in [-0.39, 0.29) is 5.91 Å². The van der Waals surface area contributed by atoms with Crippen LogP contribution in [-0.2, 0) is 6.42 Å². The molecule has 4 rings (SSSR count). The zero-order valence-corrected chi connectivity index (χ0v) is 16.6. The fourth-order valence-electron chi connectivity index (χ4n) is 3.71. The van der Waals surface area contributed by atoms with Crippen molar-refractivity contribution < 1.29 is 9.21 Å². The Bertz CT molecular complexity index is 978. The molecule has 7 heteroatoms. The largest absolute Gasteiger partial charge is 0.442 e. The van der Waals surface area contributed by atoms with Crippen LogP contribution in [0.3, 0.4) is 0 Å². The number of benzene rings is 1. The summed E-state index contributed by atoms with van der Waals surface area (Å²) < 4.78 is 5.78. The van der Waals surface area contributed by atoms with E-state index in [9.17, 15) is 4.79 Å². The van der Waals surface area contributed by atoms with Gasteiger partial charge in [-0.05, 0) is 50.3 Å². The normalized spacial score (nSPS) is 14.4. The Labute approximate surface area is 168 Å². The van der Waals surface area contributed by atoms with Gasteiger partial charge in [-0.25, -0.2) is 9.97 Å². The predicted octanol–water partition coefficient (Wildman–Crippen LogP) is 4.15. The maximum Gasteiger partial charge on any atom is 0.255 e. The second-order valence-corrected chi connectivity index (χ2v) is 7.53. The number of amides is 1. The summed E-state index contributed by atoms with van der Waals surface area (Å²) in [4.78, 5) is 23.9. The number of halogens is 1. The van der Waals surface area contributed by atoms with Gasteiger partial charge in [-0.15, -0.1) is 0 Å². The van der Waals surface area contributed by atoms with Gasteiger partial charge in [0.1, 0.15) is 17.9 Å². The highest BCUT2D eigenvalue weighted by Crippen LogP contribution is 2.32. The molecule has 1 N–H and O–H groups in total. The van der Waals surface area contributed by atoms with Crippen molar-refractivity contribution in [1.29, 1.82) is 0 Å². The highest BCUT2D eigenvalue weighted by molar-refractivity contribution is 6.30. The van der Waals surface area contributed by atoms with Crippen LogP contribution in [0.15, 0.2) is 35.0 Å². The van der Waals surface area contributed by atoms with E-state index in [1.165, 1.54) is 12.7 Å². The molecule has 1 amide bonds. The molecule has 146 valence electrons. The molecule has 1 fully saturated rings. The molecule has 3 aromatic rings. The van der Waals surface area contributed by atoms with Crippen LogP contribution in [0.1, 0.15) is 40.9 Å². The van der Waals surface area contributed by atoms with Crippen LogP contribution >= 0.6 is 11.6 Å². The van der Waals surface area contributed by atoms with Crippen molar-refractivity contribution in [3.05, 3.63) is 52.5 Å². The minimum absolute atomic E-state index is 0.154. The predicted molar refractivity (Wildman–Crippen MR) is 110 cm³/mol. The molecule has 2 aromatic heterocycles. The highest BCUT2D eigenvalue weighted by Gasteiger charge is 2.25. The molecular weight excluding hydrogens is 376 g/mol. The number of hydrogen-bond acceptors (Lipinski definition) is 5. The Kier molecular flexibility index (Phi) is 5.48. The van der Waals surface area contributed by atoms with Gasteiger partial charge in [-0.1, -0.05) is 23.7 Å². The van der Waals surface area contributed by atoms with Gasteiger partial charge in [0, 0.05) is 24.7 Å². The third kappa shape index (κ3) is 3.83. The molecule has 1 aliphatic rings. The zero-order chi connectivity index (χ0) is 19.5.